The topological polar surface area (TPSA) is 135 Å². The Balaban J connectivity index is 1.46. The largest absolute Gasteiger partial charge is 0.344 e. The van der Waals surface area contributed by atoms with Crippen LogP contribution in [0.5, 0.6) is 0 Å². The highest BCUT2D eigenvalue weighted by Gasteiger charge is 2.33. The number of nitrogens with zero attached hydrogens (tertiary/aromatic N) is 5. The Labute approximate surface area is 194 Å². The van der Waals surface area contributed by atoms with E-state index in [4.69, 9.17) is 17.3 Å². The molecule has 1 atom stereocenters. The van der Waals surface area contributed by atoms with Crippen molar-refractivity contribution in [2.75, 3.05) is 13.1 Å². The molecule has 4 aromatic rings. The van der Waals surface area contributed by atoms with Crippen LogP contribution in [0, 0.1) is 0 Å². The van der Waals surface area contributed by atoms with Crippen molar-refractivity contribution < 1.29 is 9.59 Å². The molecule has 170 valence electrons. The number of halogens is 1. The van der Waals surface area contributed by atoms with E-state index < -0.39 is 11.9 Å². The lowest BCUT2D eigenvalue weighted by Gasteiger charge is -2.38. The number of hydrogen-bond acceptors (Lipinski definition) is 6. The number of carbonyl (C=O) groups excluding carboxylic acids is 2. The number of rotatable bonds is 5. The molecule has 33 heavy (non-hydrogen) atoms. The predicted octanol–water partition coefficient (Wildman–Crippen LogP) is 1.84. The molecule has 1 saturated heterocycles. The summed E-state index contributed by atoms with van der Waals surface area (Å²) in [7, 11) is 1.83. The normalized spacial score (nSPS) is 15.1. The number of nitrogens with two attached hydrogens (primary N) is 1. The highest BCUT2D eigenvalue weighted by molar-refractivity contribution is 6.31. The van der Waals surface area contributed by atoms with Crippen LogP contribution in [-0.2, 0) is 11.8 Å². The predicted molar refractivity (Wildman–Crippen MR) is 125 cm³/mol. The molecule has 0 bridgehead atoms. The third-order valence-corrected chi connectivity index (χ3v) is 6.15. The number of hydrogen-bond donors (Lipinski definition) is 3. The summed E-state index contributed by atoms with van der Waals surface area (Å²) in [5.41, 5.74) is 9.01. The Morgan fingerprint density at radius 1 is 1.36 bits per heavy atom. The molecule has 1 fully saturated rings. The lowest BCUT2D eigenvalue weighted by atomic mass is 10.1. The van der Waals surface area contributed by atoms with Crippen molar-refractivity contribution in [3.63, 3.8) is 0 Å². The standard InChI is InChI=1S/C22H23ClN8O2/c1-3-15(22(33)31-9-12(24)10-31)28-21(32)14-7-25-20-19(14)27-16(8-26-20)18-13-5-4-11(23)6-17(13)30(2)29-18/h4-8,12,15H,3,9-10,24H2,1-2H3,(H,25,26)(H,28,32)/t15-/m1/s1. The van der Waals surface area contributed by atoms with Gasteiger partial charge in [0.15, 0.2) is 5.65 Å². The molecule has 4 N–H and O–H groups in total. The highest BCUT2D eigenvalue weighted by Crippen LogP contribution is 2.29. The Hall–Kier alpha value is -3.50. The zero-order valence-corrected chi connectivity index (χ0v) is 18.9. The summed E-state index contributed by atoms with van der Waals surface area (Å²) in [6.07, 6.45) is 3.64. The van der Waals surface area contributed by atoms with E-state index in [1.807, 2.05) is 26.1 Å². The summed E-state index contributed by atoms with van der Waals surface area (Å²) in [5.74, 6) is -0.520. The summed E-state index contributed by atoms with van der Waals surface area (Å²) < 4.78 is 1.73. The average Bonchev–Trinajstić information content (AvgIpc) is 3.35. The van der Waals surface area contributed by atoms with Crippen molar-refractivity contribution in [1.82, 2.24) is 34.9 Å². The second kappa shape index (κ2) is 8.13. The van der Waals surface area contributed by atoms with Crippen LogP contribution in [-0.4, -0.2) is 66.6 Å². The van der Waals surface area contributed by atoms with E-state index in [2.05, 4.69) is 25.4 Å². The number of aromatic nitrogens is 5. The second-order valence-electron chi connectivity index (χ2n) is 8.23. The lowest BCUT2D eigenvalue weighted by Crippen LogP contribution is -2.62. The molecule has 10 nitrogen and oxygen atoms in total. The number of carbonyl (C=O) groups is 2. The van der Waals surface area contributed by atoms with Crippen molar-refractivity contribution in [3.8, 4) is 11.4 Å². The smallest absolute Gasteiger partial charge is 0.255 e. The van der Waals surface area contributed by atoms with Gasteiger partial charge >= 0.3 is 0 Å². The van der Waals surface area contributed by atoms with E-state index in [-0.39, 0.29) is 11.9 Å². The van der Waals surface area contributed by atoms with Crippen molar-refractivity contribution >= 4 is 45.5 Å². The lowest BCUT2D eigenvalue weighted by molar-refractivity contribution is -0.137. The Bertz CT molecular complexity index is 1390. The van der Waals surface area contributed by atoms with E-state index >= 15 is 0 Å². The SMILES string of the molecule is CC[C@@H](NC(=O)c1c[nH]c2ncc(-c3nn(C)c4cc(Cl)ccc34)nc12)C(=O)N1CC(N)C1. The first kappa shape index (κ1) is 21.4. The molecule has 0 saturated carbocycles. The van der Waals surface area contributed by atoms with Gasteiger partial charge in [0.1, 0.15) is 22.9 Å². The van der Waals surface area contributed by atoms with Gasteiger partial charge in [-0.2, -0.15) is 5.10 Å². The first-order chi connectivity index (χ1) is 15.9. The van der Waals surface area contributed by atoms with Gasteiger partial charge in [0.05, 0.1) is 17.3 Å². The van der Waals surface area contributed by atoms with Crippen molar-refractivity contribution in [2.45, 2.75) is 25.4 Å². The van der Waals surface area contributed by atoms with Crippen molar-refractivity contribution in [3.05, 3.63) is 41.2 Å². The number of benzene rings is 1. The van der Waals surface area contributed by atoms with E-state index in [1.54, 1.807) is 28.0 Å². The molecular formula is C22H23ClN8O2. The molecular weight excluding hydrogens is 444 g/mol. The van der Waals surface area contributed by atoms with Gasteiger partial charge in [0.25, 0.3) is 5.91 Å². The minimum Gasteiger partial charge on any atom is -0.344 e. The molecule has 0 aliphatic carbocycles. The minimum absolute atomic E-state index is 0.00294. The Morgan fingerprint density at radius 2 is 2.15 bits per heavy atom. The van der Waals surface area contributed by atoms with Crippen LogP contribution in [0.3, 0.4) is 0 Å². The first-order valence-electron chi connectivity index (χ1n) is 10.7. The quantitative estimate of drug-likeness (QED) is 0.410. The van der Waals surface area contributed by atoms with Gasteiger partial charge in [-0.3, -0.25) is 14.3 Å². The summed E-state index contributed by atoms with van der Waals surface area (Å²) >= 11 is 6.13. The third-order valence-electron chi connectivity index (χ3n) is 5.91. The minimum atomic E-state index is -0.629. The van der Waals surface area contributed by atoms with Crippen LogP contribution >= 0.6 is 11.6 Å². The molecule has 1 aliphatic heterocycles. The fraction of sp³-hybridized carbons (Fsp3) is 0.318. The molecule has 2 amide bonds. The fourth-order valence-corrected chi connectivity index (χ4v) is 4.25. The van der Waals surface area contributed by atoms with Gasteiger partial charge in [0.2, 0.25) is 5.91 Å². The number of aryl methyl sites for hydroxylation is 1. The number of aromatic amines is 1. The molecule has 0 spiro atoms. The number of fused-ring (bicyclic) bond motifs is 2. The number of likely N-dealkylation sites (tertiary alicyclic amines) is 1. The van der Waals surface area contributed by atoms with Gasteiger partial charge in [0, 0.05) is 42.8 Å². The molecule has 0 radical (unpaired) electrons. The summed E-state index contributed by atoms with van der Waals surface area (Å²) in [6.45, 7) is 2.88. The fourth-order valence-electron chi connectivity index (χ4n) is 4.09. The van der Waals surface area contributed by atoms with Crippen LogP contribution in [0.1, 0.15) is 23.7 Å². The van der Waals surface area contributed by atoms with Crippen LogP contribution in [0.15, 0.2) is 30.6 Å². The molecule has 3 aromatic heterocycles. The van der Waals surface area contributed by atoms with Crippen LogP contribution in [0.2, 0.25) is 5.02 Å². The third kappa shape index (κ3) is 3.70. The van der Waals surface area contributed by atoms with E-state index in [0.717, 1.165) is 10.9 Å². The zero-order valence-electron chi connectivity index (χ0n) is 18.2. The maximum Gasteiger partial charge on any atom is 0.255 e. The van der Waals surface area contributed by atoms with Crippen LogP contribution in [0.25, 0.3) is 33.5 Å². The van der Waals surface area contributed by atoms with Crippen molar-refractivity contribution in [2.24, 2.45) is 12.8 Å². The van der Waals surface area contributed by atoms with Gasteiger partial charge < -0.3 is 20.9 Å². The summed E-state index contributed by atoms with van der Waals surface area (Å²) in [5, 5.41) is 8.90. The van der Waals surface area contributed by atoms with Gasteiger partial charge in [-0.05, 0) is 24.6 Å². The molecule has 11 heteroatoms. The number of nitrogens with one attached hydrogen (secondary N) is 2. The first-order valence-corrected chi connectivity index (χ1v) is 11.1. The molecule has 1 aromatic carbocycles. The zero-order chi connectivity index (χ0) is 23.3. The number of amides is 2. The molecule has 5 rings (SSSR count). The second-order valence-corrected chi connectivity index (χ2v) is 8.66. The molecule has 1 aliphatic rings. The van der Waals surface area contributed by atoms with Gasteiger partial charge in [-0.15, -0.1) is 0 Å². The van der Waals surface area contributed by atoms with Crippen molar-refractivity contribution in [1.29, 1.82) is 0 Å². The van der Waals surface area contributed by atoms with Crippen LogP contribution < -0.4 is 11.1 Å². The molecule has 4 heterocycles. The number of H-pyrrole nitrogens is 1. The molecule has 0 unspecified atom stereocenters. The van der Waals surface area contributed by atoms with E-state index in [0.29, 0.717) is 52.6 Å². The maximum absolute atomic E-state index is 13.1. The monoisotopic (exact) mass is 466 g/mol. The average molecular weight is 467 g/mol. The summed E-state index contributed by atoms with van der Waals surface area (Å²) in [6, 6.07) is 4.89. The highest BCUT2D eigenvalue weighted by atomic mass is 35.5. The van der Waals surface area contributed by atoms with Gasteiger partial charge in [-0.25, -0.2) is 9.97 Å². The Morgan fingerprint density at radius 3 is 2.88 bits per heavy atom. The van der Waals surface area contributed by atoms with E-state index in [1.165, 1.54) is 0 Å². The maximum atomic E-state index is 13.1. The van der Waals surface area contributed by atoms with E-state index in [9.17, 15) is 9.59 Å². The Kier molecular flexibility index (Phi) is 5.26. The summed E-state index contributed by atoms with van der Waals surface area (Å²) in [4.78, 5) is 39.5. The van der Waals surface area contributed by atoms with Crippen LogP contribution in [0.4, 0.5) is 0 Å². The van der Waals surface area contributed by atoms with Gasteiger partial charge in [-0.1, -0.05) is 18.5 Å².